The van der Waals surface area contributed by atoms with Crippen LogP contribution in [-0.4, -0.2) is 22.9 Å². The molecule has 0 amide bonds. The maximum atomic E-state index is 10.7. The number of aromatic nitrogens is 2. The molecule has 0 atom stereocenters. The molecular weight excluding hydrogens is 204 g/mol. The number of carbonyl (C=O) groups excluding carboxylic acids is 1. The highest BCUT2D eigenvalue weighted by atomic mass is 16.5. The van der Waals surface area contributed by atoms with Gasteiger partial charge in [0.05, 0.1) is 12.8 Å². The van der Waals surface area contributed by atoms with Gasteiger partial charge < -0.3 is 9.30 Å². The monoisotopic (exact) mass is 216 g/mol. The van der Waals surface area contributed by atoms with Crippen LogP contribution in [0.3, 0.4) is 0 Å². The number of benzene rings is 1. The van der Waals surface area contributed by atoms with Gasteiger partial charge in [-0.05, 0) is 25.1 Å². The predicted molar refractivity (Wildman–Crippen MR) is 60.2 cm³/mol. The fourth-order valence-electron chi connectivity index (χ4n) is 1.60. The third kappa shape index (κ3) is 1.69. The second-order valence-electron chi connectivity index (χ2n) is 3.39. The molecule has 0 fully saturated rings. The Morgan fingerprint density at radius 2 is 2.25 bits per heavy atom. The van der Waals surface area contributed by atoms with Gasteiger partial charge in [-0.3, -0.25) is 4.79 Å². The Morgan fingerprint density at radius 1 is 1.44 bits per heavy atom. The van der Waals surface area contributed by atoms with E-state index in [0.717, 1.165) is 17.8 Å². The number of imidazole rings is 1. The maximum Gasteiger partial charge on any atom is 0.150 e. The van der Waals surface area contributed by atoms with E-state index in [0.29, 0.717) is 11.3 Å². The molecule has 0 aliphatic heterocycles. The van der Waals surface area contributed by atoms with E-state index in [1.807, 2.05) is 23.8 Å². The summed E-state index contributed by atoms with van der Waals surface area (Å²) < 4.78 is 7.17. The van der Waals surface area contributed by atoms with Crippen LogP contribution in [0.25, 0.3) is 5.69 Å². The lowest BCUT2D eigenvalue weighted by atomic mass is 10.2. The van der Waals surface area contributed by atoms with Gasteiger partial charge in [-0.15, -0.1) is 0 Å². The third-order valence-electron chi connectivity index (χ3n) is 2.43. The minimum atomic E-state index is 0.596. The molecule has 2 rings (SSSR count). The molecule has 2 aromatic rings. The number of aldehydes is 1. The van der Waals surface area contributed by atoms with E-state index in [2.05, 4.69) is 4.98 Å². The Morgan fingerprint density at radius 3 is 2.81 bits per heavy atom. The van der Waals surface area contributed by atoms with Gasteiger partial charge in [0.25, 0.3) is 0 Å². The summed E-state index contributed by atoms with van der Waals surface area (Å²) in [5.41, 5.74) is 1.47. The zero-order valence-electron chi connectivity index (χ0n) is 9.18. The van der Waals surface area contributed by atoms with Crippen LogP contribution in [0.15, 0.2) is 30.6 Å². The second kappa shape index (κ2) is 4.18. The summed E-state index contributed by atoms with van der Waals surface area (Å²) in [6.07, 6.45) is 4.38. The molecule has 0 bridgehead atoms. The summed E-state index contributed by atoms with van der Waals surface area (Å²) in [4.78, 5) is 14.8. The Hall–Kier alpha value is -2.10. The molecule has 0 aliphatic rings. The number of hydrogen-bond donors (Lipinski definition) is 0. The first-order chi connectivity index (χ1) is 7.76. The fourth-order valence-corrected chi connectivity index (χ4v) is 1.60. The van der Waals surface area contributed by atoms with Crippen molar-refractivity contribution in [2.45, 2.75) is 6.92 Å². The first-order valence-corrected chi connectivity index (χ1v) is 4.90. The van der Waals surface area contributed by atoms with E-state index < -0.39 is 0 Å². The molecule has 0 unspecified atom stereocenters. The molecular formula is C12H12N2O2. The molecule has 82 valence electrons. The molecule has 0 saturated heterocycles. The highest BCUT2D eigenvalue weighted by molar-refractivity contribution is 5.76. The van der Waals surface area contributed by atoms with Crippen LogP contribution in [0.2, 0.25) is 0 Å². The standard InChI is InChI=1S/C12H12N2O2/c1-9-13-5-6-14(9)11-4-3-10(8-15)7-12(11)16-2/h3-8H,1-2H3. The van der Waals surface area contributed by atoms with Crippen molar-refractivity contribution in [1.29, 1.82) is 0 Å². The van der Waals surface area contributed by atoms with E-state index >= 15 is 0 Å². The van der Waals surface area contributed by atoms with Crippen molar-refractivity contribution < 1.29 is 9.53 Å². The summed E-state index contributed by atoms with van der Waals surface area (Å²) in [6.45, 7) is 1.91. The van der Waals surface area contributed by atoms with Crippen LogP contribution < -0.4 is 4.74 Å². The number of carbonyl (C=O) groups is 1. The molecule has 0 saturated carbocycles. The number of rotatable bonds is 3. The maximum absolute atomic E-state index is 10.7. The van der Waals surface area contributed by atoms with Gasteiger partial charge in [0.15, 0.2) is 0 Å². The van der Waals surface area contributed by atoms with Crippen LogP contribution in [0.5, 0.6) is 5.75 Å². The lowest BCUT2D eigenvalue weighted by Crippen LogP contribution is -1.99. The average molecular weight is 216 g/mol. The second-order valence-corrected chi connectivity index (χ2v) is 3.39. The van der Waals surface area contributed by atoms with Crippen LogP contribution in [-0.2, 0) is 0 Å². The topological polar surface area (TPSA) is 44.1 Å². The van der Waals surface area contributed by atoms with E-state index in [-0.39, 0.29) is 0 Å². The predicted octanol–water partition coefficient (Wildman–Crippen LogP) is 2.00. The Bertz CT molecular complexity index is 517. The lowest BCUT2D eigenvalue weighted by Gasteiger charge is -2.10. The van der Waals surface area contributed by atoms with E-state index in [1.54, 1.807) is 25.4 Å². The van der Waals surface area contributed by atoms with Crippen LogP contribution in [0, 0.1) is 6.92 Å². The largest absolute Gasteiger partial charge is 0.495 e. The summed E-state index contributed by atoms with van der Waals surface area (Å²) in [5, 5.41) is 0. The summed E-state index contributed by atoms with van der Waals surface area (Å²) in [6, 6.07) is 5.31. The summed E-state index contributed by atoms with van der Waals surface area (Å²) in [5.74, 6) is 1.53. The molecule has 0 aliphatic carbocycles. The number of aryl methyl sites for hydroxylation is 1. The smallest absolute Gasteiger partial charge is 0.150 e. The normalized spacial score (nSPS) is 10.1. The Kier molecular flexibility index (Phi) is 2.72. The van der Waals surface area contributed by atoms with Crippen molar-refractivity contribution in [3.63, 3.8) is 0 Å². The van der Waals surface area contributed by atoms with E-state index in [9.17, 15) is 4.79 Å². The Balaban J connectivity index is 2.57. The SMILES string of the molecule is COc1cc(C=O)ccc1-n1ccnc1C. The third-order valence-corrected chi connectivity index (χ3v) is 2.43. The first-order valence-electron chi connectivity index (χ1n) is 4.90. The number of hydrogen-bond acceptors (Lipinski definition) is 3. The molecule has 1 aromatic heterocycles. The number of methoxy groups -OCH3 is 1. The van der Waals surface area contributed by atoms with Crippen molar-refractivity contribution in [2.24, 2.45) is 0 Å². The van der Waals surface area contributed by atoms with Gasteiger partial charge in [-0.25, -0.2) is 4.98 Å². The lowest BCUT2D eigenvalue weighted by molar-refractivity contribution is 0.112. The molecule has 1 aromatic carbocycles. The zero-order valence-corrected chi connectivity index (χ0v) is 9.18. The first kappa shape index (κ1) is 10.4. The molecule has 0 spiro atoms. The number of nitrogens with zero attached hydrogens (tertiary/aromatic N) is 2. The van der Waals surface area contributed by atoms with Gasteiger partial charge >= 0.3 is 0 Å². The van der Waals surface area contributed by atoms with Gasteiger partial charge in [0.2, 0.25) is 0 Å². The van der Waals surface area contributed by atoms with Crippen molar-refractivity contribution >= 4 is 6.29 Å². The van der Waals surface area contributed by atoms with Gasteiger partial charge in [-0.1, -0.05) is 0 Å². The van der Waals surface area contributed by atoms with Crippen molar-refractivity contribution in [2.75, 3.05) is 7.11 Å². The molecule has 4 heteroatoms. The molecule has 0 radical (unpaired) electrons. The van der Waals surface area contributed by atoms with Crippen LogP contribution in [0.4, 0.5) is 0 Å². The van der Waals surface area contributed by atoms with Gasteiger partial charge in [0.1, 0.15) is 17.9 Å². The van der Waals surface area contributed by atoms with Crippen LogP contribution >= 0.6 is 0 Å². The zero-order chi connectivity index (χ0) is 11.5. The fraction of sp³-hybridized carbons (Fsp3) is 0.167. The highest BCUT2D eigenvalue weighted by Gasteiger charge is 2.07. The van der Waals surface area contributed by atoms with Crippen molar-refractivity contribution in [3.05, 3.63) is 42.0 Å². The highest BCUT2D eigenvalue weighted by Crippen LogP contribution is 2.24. The molecule has 16 heavy (non-hydrogen) atoms. The average Bonchev–Trinajstić information content (AvgIpc) is 2.74. The van der Waals surface area contributed by atoms with E-state index in [4.69, 9.17) is 4.74 Å². The minimum Gasteiger partial charge on any atom is -0.495 e. The Labute approximate surface area is 93.5 Å². The van der Waals surface area contributed by atoms with Gasteiger partial charge in [0, 0.05) is 18.0 Å². The van der Waals surface area contributed by atoms with Gasteiger partial charge in [-0.2, -0.15) is 0 Å². The van der Waals surface area contributed by atoms with E-state index in [1.165, 1.54) is 0 Å². The molecule has 1 heterocycles. The summed E-state index contributed by atoms with van der Waals surface area (Å²) >= 11 is 0. The minimum absolute atomic E-state index is 0.596. The number of ether oxygens (including phenoxy) is 1. The van der Waals surface area contributed by atoms with Crippen molar-refractivity contribution in [3.8, 4) is 11.4 Å². The van der Waals surface area contributed by atoms with Crippen LogP contribution in [0.1, 0.15) is 16.2 Å². The molecule has 4 nitrogen and oxygen atoms in total. The van der Waals surface area contributed by atoms with Crippen molar-refractivity contribution in [1.82, 2.24) is 9.55 Å². The quantitative estimate of drug-likeness (QED) is 0.737. The molecule has 0 N–H and O–H groups in total. The summed E-state index contributed by atoms with van der Waals surface area (Å²) in [7, 11) is 1.58.